The van der Waals surface area contributed by atoms with Crippen LogP contribution < -0.4 is 0 Å². The van der Waals surface area contributed by atoms with E-state index < -0.39 is 0 Å². The number of benzene rings is 2. The molecular formula is C18H21NO. The minimum atomic E-state index is 0.333. The van der Waals surface area contributed by atoms with Gasteiger partial charge in [0.2, 0.25) is 0 Å². The van der Waals surface area contributed by atoms with Crippen LogP contribution in [0.1, 0.15) is 24.0 Å². The van der Waals surface area contributed by atoms with E-state index in [0.717, 1.165) is 12.1 Å². The van der Waals surface area contributed by atoms with Crippen LogP contribution in [0, 0.1) is 6.92 Å². The van der Waals surface area contributed by atoms with E-state index in [9.17, 15) is 5.11 Å². The topological polar surface area (TPSA) is 23.5 Å². The summed E-state index contributed by atoms with van der Waals surface area (Å²) >= 11 is 0. The van der Waals surface area contributed by atoms with Crippen LogP contribution in [0.25, 0.3) is 11.1 Å². The summed E-state index contributed by atoms with van der Waals surface area (Å²) in [5.41, 5.74) is 4.92. The van der Waals surface area contributed by atoms with E-state index >= 15 is 0 Å². The molecule has 1 aliphatic heterocycles. The molecule has 2 nitrogen and oxygen atoms in total. The molecule has 0 saturated carbocycles. The minimum absolute atomic E-state index is 0.333. The van der Waals surface area contributed by atoms with Gasteiger partial charge in [0.25, 0.3) is 0 Å². The van der Waals surface area contributed by atoms with E-state index in [1.54, 1.807) is 6.07 Å². The van der Waals surface area contributed by atoms with Crippen LogP contribution >= 0.6 is 0 Å². The van der Waals surface area contributed by atoms with Crippen molar-refractivity contribution >= 4 is 0 Å². The molecule has 2 heteroatoms. The second kappa shape index (κ2) is 5.68. The number of rotatable bonds is 3. The van der Waals surface area contributed by atoms with Crippen LogP contribution in [0.15, 0.2) is 42.5 Å². The summed E-state index contributed by atoms with van der Waals surface area (Å²) in [6.45, 7) is 5.54. The summed E-state index contributed by atoms with van der Waals surface area (Å²) in [5.74, 6) is 0.333. The number of nitrogens with zero attached hydrogens (tertiary/aromatic N) is 1. The normalized spacial score (nSPS) is 15.7. The van der Waals surface area contributed by atoms with Gasteiger partial charge in [-0.3, -0.25) is 4.90 Å². The molecule has 1 N–H and O–H groups in total. The van der Waals surface area contributed by atoms with Gasteiger partial charge >= 0.3 is 0 Å². The highest BCUT2D eigenvalue weighted by atomic mass is 16.3. The first kappa shape index (κ1) is 13.2. The summed E-state index contributed by atoms with van der Waals surface area (Å²) in [6.07, 6.45) is 2.66. The zero-order valence-corrected chi connectivity index (χ0v) is 12.0. The molecule has 0 bridgehead atoms. The van der Waals surface area contributed by atoms with Crippen LogP contribution in [0.4, 0.5) is 0 Å². The van der Waals surface area contributed by atoms with Gasteiger partial charge < -0.3 is 5.11 Å². The van der Waals surface area contributed by atoms with Crippen molar-refractivity contribution in [1.29, 1.82) is 0 Å². The highest BCUT2D eigenvalue weighted by Gasteiger charge is 2.12. The third-order valence-electron chi connectivity index (χ3n) is 4.05. The molecule has 20 heavy (non-hydrogen) atoms. The molecule has 0 aromatic heterocycles. The summed E-state index contributed by atoms with van der Waals surface area (Å²) < 4.78 is 0. The number of likely N-dealkylation sites (tertiary alicyclic amines) is 1. The van der Waals surface area contributed by atoms with Crippen molar-refractivity contribution in [3.05, 3.63) is 53.6 Å². The van der Waals surface area contributed by atoms with Crippen molar-refractivity contribution < 1.29 is 5.11 Å². The zero-order valence-electron chi connectivity index (χ0n) is 12.0. The third-order valence-corrected chi connectivity index (χ3v) is 4.05. The van der Waals surface area contributed by atoms with Gasteiger partial charge in [0.05, 0.1) is 0 Å². The molecule has 1 saturated heterocycles. The molecule has 1 aliphatic rings. The molecule has 0 radical (unpaired) electrons. The molecule has 0 spiro atoms. The van der Waals surface area contributed by atoms with Gasteiger partial charge in [-0.05, 0) is 73.3 Å². The summed E-state index contributed by atoms with van der Waals surface area (Å²) in [5, 5.41) is 9.52. The smallest absolute Gasteiger partial charge is 0.115 e. The summed E-state index contributed by atoms with van der Waals surface area (Å²) in [4.78, 5) is 2.52. The lowest BCUT2D eigenvalue weighted by Gasteiger charge is -2.15. The fraction of sp³-hybridized carbons (Fsp3) is 0.333. The Labute approximate surface area is 120 Å². The van der Waals surface area contributed by atoms with Crippen molar-refractivity contribution in [2.24, 2.45) is 0 Å². The van der Waals surface area contributed by atoms with Gasteiger partial charge in [-0.25, -0.2) is 0 Å². The molecule has 104 valence electrons. The first-order valence-electron chi connectivity index (χ1n) is 7.34. The average Bonchev–Trinajstić information content (AvgIpc) is 2.92. The van der Waals surface area contributed by atoms with Crippen molar-refractivity contribution in [1.82, 2.24) is 4.90 Å². The number of aromatic hydroxyl groups is 1. The predicted molar refractivity (Wildman–Crippen MR) is 82.8 cm³/mol. The molecule has 1 heterocycles. The Bertz CT molecular complexity index is 600. The van der Waals surface area contributed by atoms with E-state index in [-0.39, 0.29) is 0 Å². The Kier molecular flexibility index (Phi) is 3.75. The molecule has 1 fully saturated rings. The van der Waals surface area contributed by atoms with Crippen molar-refractivity contribution in [2.45, 2.75) is 26.3 Å². The maximum absolute atomic E-state index is 9.52. The standard InChI is InChI=1S/C18H21NO/c1-14-11-17(20)7-8-18(14)16-6-4-5-15(12-16)13-19-9-2-3-10-19/h4-8,11-12,20H,2-3,9-10,13H2,1H3. The van der Waals surface area contributed by atoms with Crippen molar-refractivity contribution in [3.8, 4) is 16.9 Å². The second-order valence-corrected chi connectivity index (χ2v) is 5.68. The number of phenols is 1. The Morgan fingerprint density at radius 3 is 2.60 bits per heavy atom. The van der Waals surface area contributed by atoms with E-state index in [1.807, 2.05) is 19.1 Å². The van der Waals surface area contributed by atoms with E-state index in [0.29, 0.717) is 5.75 Å². The number of hydrogen-bond donors (Lipinski definition) is 1. The molecule has 0 amide bonds. The van der Waals surface area contributed by atoms with Crippen LogP contribution in [0.3, 0.4) is 0 Å². The van der Waals surface area contributed by atoms with Gasteiger partial charge in [-0.2, -0.15) is 0 Å². The van der Waals surface area contributed by atoms with Gasteiger partial charge in [0, 0.05) is 6.54 Å². The molecule has 2 aromatic carbocycles. The lowest BCUT2D eigenvalue weighted by atomic mass is 9.98. The van der Waals surface area contributed by atoms with Gasteiger partial charge in [0.15, 0.2) is 0 Å². The van der Waals surface area contributed by atoms with Crippen molar-refractivity contribution in [2.75, 3.05) is 13.1 Å². The fourth-order valence-corrected chi connectivity index (χ4v) is 3.01. The maximum atomic E-state index is 9.52. The monoisotopic (exact) mass is 267 g/mol. The lowest BCUT2D eigenvalue weighted by Crippen LogP contribution is -2.18. The third kappa shape index (κ3) is 2.86. The van der Waals surface area contributed by atoms with Crippen molar-refractivity contribution in [3.63, 3.8) is 0 Å². The number of aryl methyl sites for hydroxylation is 1. The maximum Gasteiger partial charge on any atom is 0.115 e. The number of phenolic OH excluding ortho intramolecular Hbond substituents is 1. The highest BCUT2D eigenvalue weighted by molar-refractivity contribution is 5.68. The second-order valence-electron chi connectivity index (χ2n) is 5.68. The van der Waals surface area contributed by atoms with Gasteiger partial charge in [-0.1, -0.05) is 24.3 Å². The first-order valence-corrected chi connectivity index (χ1v) is 7.34. The Balaban J connectivity index is 1.86. The molecule has 0 atom stereocenters. The molecular weight excluding hydrogens is 246 g/mol. The average molecular weight is 267 g/mol. The largest absolute Gasteiger partial charge is 0.508 e. The molecule has 0 aliphatic carbocycles. The van der Waals surface area contributed by atoms with E-state index in [4.69, 9.17) is 0 Å². The van der Waals surface area contributed by atoms with E-state index in [1.165, 1.54) is 42.6 Å². The first-order chi connectivity index (χ1) is 9.72. The van der Waals surface area contributed by atoms with Crippen LogP contribution in [-0.2, 0) is 6.54 Å². The van der Waals surface area contributed by atoms with Crippen LogP contribution in [0.5, 0.6) is 5.75 Å². The predicted octanol–water partition coefficient (Wildman–Crippen LogP) is 3.96. The van der Waals surface area contributed by atoms with Crippen LogP contribution in [0.2, 0.25) is 0 Å². The fourth-order valence-electron chi connectivity index (χ4n) is 3.01. The highest BCUT2D eigenvalue weighted by Crippen LogP contribution is 2.27. The summed E-state index contributed by atoms with van der Waals surface area (Å²) in [7, 11) is 0. The number of hydrogen-bond acceptors (Lipinski definition) is 2. The quantitative estimate of drug-likeness (QED) is 0.909. The SMILES string of the molecule is Cc1cc(O)ccc1-c1cccc(CN2CCCC2)c1. The Hall–Kier alpha value is -1.80. The van der Waals surface area contributed by atoms with E-state index in [2.05, 4.69) is 29.2 Å². The Morgan fingerprint density at radius 2 is 1.85 bits per heavy atom. The Morgan fingerprint density at radius 1 is 1.05 bits per heavy atom. The summed E-state index contributed by atoms with van der Waals surface area (Å²) in [6, 6.07) is 14.3. The minimum Gasteiger partial charge on any atom is -0.508 e. The molecule has 3 rings (SSSR count). The zero-order chi connectivity index (χ0) is 13.9. The lowest BCUT2D eigenvalue weighted by molar-refractivity contribution is 0.331. The van der Waals surface area contributed by atoms with Crippen LogP contribution in [-0.4, -0.2) is 23.1 Å². The van der Waals surface area contributed by atoms with Gasteiger partial charge in [-0.15, -0.1) is 0 Å². The van der Waals surface area contributed by atoms with Gasteiger partial charge in [0.1, 0.15) is 5.75 Å². The molecule has 0 unspecified atom stereocenters. The molecule has 2 aromatic rings.